The van der Waals surface area contributed by atoms with E-state index >= 15 is 0 Å². The fraction of sp³-hybridized carbons (Fsp3) is 0.650. The average molecular weight is 330 g/mol. The molecule has 1 aliphatic heterocycles. The molecular formula is C20H30N2O2. The van der Waals surface area contributed by atoms with Gasteiger partial charge in [-0.15, -0.1) is 0 Å². The van der Waals surface area contributed by atoms with Crippen LogP contribution >= 0.6 is 0 Å². The summed E-state index contributed by atoms with van der Waals surface area (Å²) in [6.07, 6.45) is 5.92. The number of benzene rings is 1. The molecule has 1 heterocycles. The lowest BCUT2D eigenvalue weighted by atomic mass is 9.95. The minimum atomic E-state index is -0.278. The first kappa shape index (κ1) is 17.3. The molecular weight excluding hydrogens is 300 g/mol. The number of carbonyl (C=O) groups excluding carboxylic acids is 1. The molecule has 1 atom stereocenters. The fourth-order valence-electron chi connectivity index (χ4n) is 3.69. The lowest BCUT2D eigenvalue weighted by molar-refractivity contribution is -0.0807. The normalized spacial score (nSPS) is 24.6. The van der Waals surface area contributed by atoms with Crippen molar-refractivity contribution in [1.29, 1.82) is 0 Å². The summed E-state index contributed by atoms with van der Waals surface area (Å²) in [5, 5.41) is 3.26. The van der Waals surface area contributed by atoms with Gasteiger partial charge in [-0.2, -0.15) is 0 Å². The van der Waals surface area contributed by atoms with Crippen LogP contribution in [0.2, 0.25) is 0 Å². The van der Waals surface area contributed by atoms with Crippen LogP contribution in [0.5, 0.6) is 0 Å². The standard InChI is InChI=1S/C20H30N2O2/c1-15-9-11-16(12-10-15)18-13-22(20(2,3)14-24-18)19(23)21-17-7-5-4-6-8-17/h9-12,17-18H,4-8,13-14H2,1-3H3,(H,21,23). The molecule has 0 bridgehead atoms. The molecule has 1 aromatic carbocycles. The summed E-state index contributed by atoms with van der Waals surface area (Å²) < 4.78 is 6.07. The van der Waals surface area contributed by atoms with Crippen molar-refractivity contribution in [1.82, 2.24) is 10.2 Å². The zero-order valence-corrected chi connectivity index (χ0v) is 15.2. The van der Waals surface area contributed by atoms with Gasteiger partial charge >= 0.3 is 6.03 Å². The van der Waals surface area contributed by atoms with Gasteiger partial charge in [0.25, 0.3) is 0 Å². The van der Waals surface area contributed by atoms with Gasteiger partial charge in [0.05, 0.1) is 18.7 Å². The number of aryl methyl sites for hydroxylation is 1. The number of hydrogen-bond donors (Lipinski definition) is 1. The van der Waals surface area contributed by atoms with Gasteiger partial charge in [0.2, 0.25) is 0 Å². The van der Waals surface area contributed by atoms with Crippen molar-refractivity contribution in [2.75, 3.05) is 13.2 Å². The third-order valence-corrected chi connectivity index (χ3v) is 5.34. The molecule has 1 aromatic rings. The van der Waals surface area contributed by atoms with Gasteiger partial charge in [-0.25, -0.2) is 4.79 Å². The first-order valence-electron chi connectivity index (χ1n) is 9.22. The molecule has 132 valence electrons. The molecule has 0 radical (unpaired) electrons. The molecule has 1 saturated carbocycles. The largest absolute Gasteiger partial charge is 0.369 e. The van der Waals surface area contributed by atoms with E-state index in [2.05, 4.69) is 50.4 Å². The summed E-state index contributed by atoms with van der Waals surface area (Å²) in [7, 11) is 0. The molecule has 4 nitrogen and oxygen atoms in total. The summed E-state index contributed by atoms with van der Waals surface area (Å²) in [6.45, 7) is 7.41. The average Bonchev–Trinajstić information content (AvgIpc) is 2.56. The van der Waals surface area contributed by atoms with Crippen LogP contribution in [-0.2, 0) is 4.74 Å². The highest BCUT2D eigenvalue weighted by Crippen LogP contribution is 2.31. The number of nitrogens with one attached hydrogen (secondary N) is 1. The highest BCUT2D eigenvalue weighted by Gasteiger charge is 2.39. The second-order valence-electron chi connectivity index (χ2n) is 7.92. The SMILES string of the molecule is Cc1ccc(C2CN(C(=O)NC3CCCCC3)C(C)(C)CO2)cc1. The van der Waals surface area contributed by atoms with Crippen molar-refractivity contribution in [3.8, 4) is 0 Å². The van der Waals surface area contributed by atoms with Crippen molar-refractivity contribution in [3.05, 3.63) is 35.4 Å². The van der Waals surface area contributed by atoms with Gasteiger partial charge in [-0.1, -0.05) is 49.1 Å². The maximum Gasteiger partial charge on any atom is 0.318 e. The number of urea groups is 1. The van der Waals surface area contributed by atoms with E-state index in [1.165, 1.54) is 24.8 Å². The van der Waals surface area contributed by atoms with Gasteiger partial charge in [-0.05, 0) is 39.2 Å². The van der Waals surface area contributed by atoms with E-state index in [1.54, 1.807) is 0 Å². The Morgan fingerprint density at radius 2 is 1.83 bits per heavy atom. The Hall–Kier alpha value is -1.55. The zero-order valence-electron chi connectivity index (χ0n) is 15.2. The first-order chi connectivity index (χ1) is 11.5. The highest BCUT2D eigenvalue weighted by molar-refractivity contribution is 5.75. The Bertz CT molecular complexity index is 562. The molecule has 3 rings (SSSR count). The molecule has 2 amide bonds. The minimum absolute atomic E-state index is 0.0456. The summed E-state index contributed by atoms with van der Waals surface area (Å²) in [6, 6.07) is 8.82. The first-order valence-corrected chi connectivity index (χ1v) is 9.22. The molecule has 1 aliphatic carbocycles. The number of hydrogen-bond acceptors (Lipinski definition) is 2. The van der Waals surface area contributed by atoms with E-state index in [4.69, 9.17) is 4.74 Å². The van der Waals surface area contributed by atoms with Gasteiger partial charge in [-0.3, -0.25) is 0 Å². The van der Waals surface area contributed by atoms with Gasteiger partial charge in [0.15, 0.2) is 0 Å². The van der Waals surface area contributed by atoms with E-state index in [0.29, 0.717) is 19.2 Å². The third-order valence-electron chi connectivity index (χ3n) is 5.34. The number of amides is 2. The molecule has 2 fully saturated rings. The predicted molar refractivity (Wildman–Crippen MR) is 96.1 cm³/mol. The van der Waals surface area contributed by atoms with Crippen LogP contribution in [0.1, 0.15) is 63.2 Å². The number of rotatable bonds is 2. The second kappa shape index (κ2) is 7.14. The van der Waals surface area contributed by atoms with Crippen LogP contribution in [0.15, 0.2) is 24.3 Å². The number of ether oxygens (including phenoxy) is 1. The van der Waals surface area contributed by atoms with E-state index in [1.807, 2.05) is 4.90 Å². The third kappa shape index (κ3) is 3.92. The van der Waals surface area contributed by atoms with Crippen molar-refractivity contribution < 1.29 is 9.53 Å². The summed E-state index contributed by atoms with van der Waals surface area (Å²) in [4.78, 5) is 14.8. The molecule has 0 spiro atoms. The lowest BCUT2D eigenvalue weighted by Gasteiger charge is -2.46. The minimum Gasteiger partial charge on any atom is -0.369 e. The summed E-state index contributed by atoms with van der Waals surface area (Å²) in [5.41, 5.74) is 2.10. The Morgan fingerprint density at radius 3 is 2.50 bits per heavy atom. The van der Waals surface area contributed by atoms with Crippen LogP contribution in [0.25, 0.3) is 0 Å². The maximum atomic E-state index is 12.9. The molecule has 4 heteroatoms. The second-order valence-corrected chi connectivity index (χ2v) is 7.92. The van der Waals surface area contributed by atoms with E-state index < -0.39 is 0 Å². The van der Waals surface area contributed by atoms with Crippen molar-refractivity contribution >= 4 is 6.03 Å². The Morgan fingerprint density at radius 1 is 1.17 bits per heavy atom. The lowest BCUT2D eigenvalue weighted by Crippen LogP contribution is -2.60. The monoisotopic (exact) mass is 330 g/mol. The number of morpholine rings is 1. The quantitative estimate of drug-likeness (QED) is 0.883. The van der Waals surface area contributed by atoms with Gasteiger partial charge in [0.1, 0.15) is 6.10 Å². The molecule has 24 heavy (non-hydrogen) atoms. The van der Waals surface area contributed by atoms with Crippen LogP contribution in [0.4, 0.5) is 4.79 Å². The van der Waals surface area contributed by atoms with Crippen LogP contribution in [0, 0.1) is 6.92 Å². The Kier molecular flexibility index (Phi) is 5.14. The number of carbonyl (C=O) groups is 1. The smallest absolute Gasteiger partial charge is 0.318 e. The molecule has 2 aliphatic rings. The molecule has 1 unspecified atom stereocenters. The molecule has 1 saturated heterocycles. The van der Waals surface area contributed by atoms with Crippen LogP contribution in [0.3, 0.4) is 0 Å². The number of nitrogens with zero attached hydrogens (tertiary/aromatic N) is 1. The fourth-order valence-corrected chi connectivity index (χ4v) is 3.69. The zero-order chi connectivity index (χ0) is 17.2. The predicted octanol–water partition coefficient (Wildman–Crippen LogP) is 4.19. The Labute approximate surface area is 145 Å². The van der Waals surface area contributed by atoms with E-state index in [9.17, 15) is 4.79 Å². The topological polar surface area (TPSA) is 41.6 Å². The van der Waals surface area contributed by atoms with Crippen molar-refractivity contribution in [3.63, 3.8) is 0 Å². The van der Waals surface area contributed by atoms with Crippen LogP contribution in [-0.4, -0.2) is 35.7 Å². The highest BCUT2D eigenvalue weighted by atomic mass is 16.5. The van der Waals surface area contributed by atoms with Gasteiger partial charge < -0.3 is 15.0 Å². The maximum absolute atomic E-state index is 12.9. The summed E-state index contributed by atoms with van der Waals surface area (Å²) >= 11 is 0. The van der Waals surface area contributed by atoms with E-state index in [0.717, 1.165) is 18.4 Å². The van der Waals surface area contributed by atoms with Gasteiger partial charge in [0, 0.05) is 6.04 Å². The van der Waals surface area contributed by atoms with Crippen molar-refractivity contribution in [2.45, 2.75) is 70.6 Å². The van der Waals surface area contributed by atoms with E-state index in [-0.39, 0.29) is 17.7 Å². The van der Waals surface area contributed by atoms with Crippen LogP contribution < -0.4 is 5.32 Å². The summed E-state index contributed by atoms with van der Waals surface area (Å²) in [5.74, 6) is 0. The molecule has 0 aromatic heterocycles. The van der Waals surface area contributed by atoms with Crippen molar-refractivity contribution in [2.24, 2.45) is 0 Å². The molecule has 1 N–H and O–H groups in total. The Balaban J connectivity index is 1.68.